The van der Waals surface area contributed by atoms with Gasteiger partial charge >= 0.3 is 0 Å². The first-order valence-corrected chi connectivity index (χ1v) is 6.87. The molecule has 1 saturated heterocycles. The average Bonchev–Trinajstić information content (AvgIpc) is 2.44. The van der Waals surface area contributed by atoms with E-state index in [4.69, 9.17) is 0 Å². The van der Waals surface area contributed by atoms with E-state index in [2.05, 4.69) is 25.8 Å². The highest BCUT2D eigenvalue weighted by atomic mass is 15.2. The summed E-state index contributed by atoms with van der Waals surface area (Å²) >= 11 is 0. The predicted octanol–water partition coefficient (Wildman–Crippen LogP) is 3.54. The lowest BCUT2D eigenvalue weighted by Gasteiger charge is -2.26. The zero-order chi connectivity index (χ0) is 10.8. The third-order valence-corrected chi connectivity index (χ3v) is 4.66. The highest BCUT2D eigenvalue weighted by molar-refractivity contribution is 4.85. The van der Waals surface area contributed by atoms with Crippen molar-refractivity contribution in [2.75, 3.05) is 13.6 Å². The molecule has 0 radical (unpaired) electrons. The second-order valence-electron chi connectivity index (χ2n) is 6.23. The van der Waals surface area contributed by atoms with Gasteiger partial charge in [-0.1, -0.05) is 39.5 Å². The lowest BCUT2D eigenvalue weighted by Crippen LogP contribution is -2.29. The molecule has 1 aliphatic heterocycles. The Bertz CT molecular complexity index is 196. The minimum atomic E-state index is 0.837. The molecule has 2 fully saturated rings. The van der Waals surface area contributed by atoms with Crippen LogP contribution in [0.15, 0.2) is 0 Å². The van der Waals surface area contributed by atoms with E-state index in [1.54, 1.807) is 0 Å². The molecule has 88 valence electrons. The summed E-state index contributed by atoms with van der Waals surface area (Å²) in [6.07, 6.45) is 9.03. The molecule has 0 aromatic rings. The monoisotopic (exact) mass is 209 g/mol. The van der Waals surface area contributed by atoms with Crippen LogP contribution in [0.25, 0.3) is 0 Å². The number of hydrogen-bond donors (Lipinski definition) is 0. The van der Waals surface area contributed by atoms with Crippen molar-refractivity contribution >= 4 is 0 Å². The highest BCUT2D eigenvalue weighted by Gasteiger charge is 2.31. The van der Waals surface area contributed by atoms with Gasteiger partial charge in [-0.3, -0.25) is 0 Å². The number of nitrogens with zero attached hydrogens (tertiary/aromatic N) is 1. The fourth-order valence-electron chi connectivity index (χ4n) is 3.38. The highest BCUT2D eigenvalue weighted by Crippen LogP contribution is 2.35. The van der Waals surface area contributed by atoms with Crippen LogP contribution in [0, 0.1) is 17.8 Å². The molecule has 1 unspecified atom stereocenters. The Labute approximate surface area is 95.2 Å². The first kappa shape index (κ1) is 11.4. The van der Waals surface area contributed by atoms with Crippen LogP contribution >= 0.6 is 0 Å². The quantitative estimate of drug-likeness (QED) is 0.684. The van der Waals surface area contributed by atoms with E-state index in [0.717, 1.165) is 23.8 Å². The average molecular weight is 209 g/mol. The van der Waals surface area contributed by atoms with Crippen molar-refractivity contribution in [2.24, 2.45) is 17.8 Å². The molecule has 0 aromatic heterocycles. The second-order valence-corrected chi connectivity index (χ2v) is 6.23. The summed E-state index contributed by atoms with van der Waals surface area (Å²) in [5, 5.41) is 0. The zero-order valence-electron chi connectivity index (χ0n) is 10.7. The smallest absolute Gasteiger partial charge is 0.0118 e. The van der Waals surface area contributed by atoms with Gasteiger partial charge in [0.05, 0.1) is 0 Å². The van der Waals surface area contributed by atoms with Gasteiger partial charge in [-0.15, -0.1) is 0 Å². The number of rotatable bonds is 4. The van der Waals surface area contributed by atoms with Crippen LogP contribution < -0.4 is 0 Å². The summed E-state index contributed by atoms with van der Waals surface area (Å²) in [6.45, 7) is 6.10. The molecule has 1 heteroatoms. The summed E-state index contributed by atoms with van der Waals surface area (Å²) in [4.78, 5) is 2.59. The van der Waals surface area contributed by atoms with E-state index in [9.17, 15) is 0 Å². The van der Waals surface area contributed by atoms with E-state index in [1.807, 2.05) is 0 Å². The van der Waals surface area contributed by atoms with Crippen LogP contribution in [-0.4, -0.2) is 24.5 Å². The summed E-state index contributed by atoms with van der Waals surface area (Å²) in [5.74, 6) is 2.94. The maximum Gasteiger partial charge on any atom is 0.0118 e. The van der Waals surface area contributed by atoms with E-state index in [-0.39, 0.29) is 0 Å². The molecule has 1 nitrogen and oxygen atoms in total. The van der Waals surface area contributed by atoms with Gasteiger partial charge < -0.3 is 4.90 Å². The van der Waals surface area contributed by atoms with Crippen LogP contribution in [0.2, 0.25) is 0 Å². The third-order valence-electron chi connectivity index (χ3n) is 4.66. The molecule has 2 rings (SSSR count). The lowest BCUT2D eigenvalue weighted by atomic mass is 9.80. The molecule has 2 aliphatic rings. The van der Waals surface area contributed by atoms with Crippen molar-refractivity contribution in [2.45, 2.75) is 58.4 Å². The molecular formula is C14H27N. The molecule has 15 heavy (non-hydrogen) atoms. The van der Waals surface area contributed by atoms with Crippen molar-refractivity contribution in [3.05, 3.63) is 0 Å². The molecule has 0 N–H and O–H groups in total. The predicted molar refractivity (Wildman–Crippen MR) is 65.9 cm³/mol. The van der Waals surface area contributed by atoms with Crippen LogP contribution in [-0.2, 0) is 0 Å². The largest absolute Gasteiger partial charge is 0.303 e. The van der Waals surface area contributed by atoms with Gasteiger partial charge in [0, 0.05) is 12.6 Å². The van der Waals surface area contributed by atoms with Gasteiger partial charge in [-0.25, -0.2) is 0 Å². The van der Waals surface area contributed by atoms with Crippen LogP contribution in [0.1, 0.15) is 52.4 Å². The minimum Gasteiger partial charge on any atom is -0.303 e. The maximum atomic E-state index is 2.59. The molecule has 1 saturated carbocycles. The summed E-state index contributed by atoms with van der Waals surface area (Å²) in [5.41, 5.74) is 0. The van der Waals surface area contributed by atoms with Crippen molar-refractivity contribution in [3.63, 3.8) is 0 Å². The molecule has 1 heterocycles. The Balaban J connectivity index is 1.70. The molecule has 1 aliphatic carbocycles. The van der Waals surface area contributed by atoms with Crippen molar-refractivity contribution in [1.82, 2.24) is 4.90 Å². The van der Waals surface area contributed by atoms with Crippen LogP contribution in [0.5, 0.6) is 0 Å². The van der Waals surface area contributed by atoms with Gasteiger partial charge in [0.1, 0.15) is 0 Å². The first-order valence-electron chi connectivity index (χ1n) is 6.87. The Morgan fingerprint density at radius 1 is 1.13 bits per heavy atom. The zero-order valence-corrected chi connectivity index (χ0v) is 10.7. The minimum absolute atomic E-state index is 0.837. The maximum absolute atomic E-state index is 2.59. The lowest BCUT2D eigenvalue weighted by molar-refractivity contribution is 0.248. The molecule has 0 bridgehead atoms. The second kappa shape index (κ2) is 4.86. The van der Waals surface area contributed by atoms with Gasteiger partial charge in [-0.2, -0.15) is 0 Å². The van der Waals surface area contributed by atoms with Crippen LogP contribution in [0.3, 0.4) is 0 Å². The van der Waals surface area contributed by atoms with E-state index < -0.39 is 0 Å². The molecular weight excluding hydrogens is 182 g/mol. The van der Waals surface area contributed by atoms with Gasteiger partial charge in [0.2, 0.25) is 0 Å². The van der Waals surface area contributed by atoms with Crippen molar-refractivity contribution in [1.29, 1.82) is 0 Å². The first-order chi connectivity index (χ1) is 7.16. The Morgan fingerprint density at radius 2 is 1.80 bits per heavy atom. The number of likely N-dealkylation sites (tertiary alicyclic amines) is 1. The van der Waals surface area contributed by atoms with E-state index in [0.29, 0.717) is 0 Å². The Morgan fingerprint density at radius 3 is 2.27 bits per heavy atom. The normalized spacial score (nSPS) is 33.6. The summed E-state index contributed by atoms with van der Waals surface area (Å²) < 4.78 is 0. The fraction of sp³-hybridized carbons (Fsp3) is 1.00. The number of hydrogen-bond acceptors (Lipinski definition) is 1. The molecule has 2 atom stereocenters. The summed E-state index contributed by atoms with van der Waals surface area (Å²) in [6, 6.07) is 0.858. The molecule has 0 amide bonds. The van der Waals surface area contributed by atoms with E-state index >= 15 is 0 Å². The summed E-state index contributed by atoms with van der Waals surface area (Å²) in [7, 11) is 2.31. The van der Waals surface area contributed by atoms with Gasteiger partial charge in [0.15, 0.2) is 0 Å². The SMILES string of the molecule is CC(C)C1C[C@H](CCC2CCC2)CN1C. The third kappa shape index (κ3) is 2.75. The Kier molecular flexibility index (Phi) is 3.71. The fourth-order valence-corrected chi connectivity index (χ4v) is 3.38. The topological polar surface area (TPSA) is 3.24 Å². The standard InChI is InChI=1S/C14H27N/c1-11(2)14-9-13(10-15(14)3)8-7-12-5-4-6-12/h11-14H,4-10H2,1-3H3/t13-,14?/m0/s1. The Hall–Kier alpha value is -0.0400. The molecule has 0 spiro atoms. The van der Waals surface area contributed by atoms with Gasteiger partial charge in [-0.05, 0) is 37.6 Å². The van der Waals surface area contributed by atoms with Crippen molar-refractivity contribution < 1.29 is 0 Å². The molecule has 0 aromatic carbocycles. The van der Waals surface area contributed by atoms with E-state index in [1.165, 1.54) is 45.1 Å². The van der Waals surface area contributed by atoms with Crippen LogP contribution in [0.4, 0.5) is 0 Å². The van der Waals surface area contributed by atoms with Crippen molar-refractivity contribution in [3.8, 4) is 0 Å². The van der Waals surface area contributed by atoms with Gasteiger partial charge in [0.25, 0.3) is 0 Å².